The Hall–Kier alpha value is -1.04. The van der Waals surface area contributed by atoms with Crippen LogP contribution in [0.4, 0.5) is 0 Å². The fraction of sp³-hybridized carbons (Fsp3) is 0.875. The number of rotatable bonds is 11. The lowest BCUT2D eigenvalue weighted by molar-refractivity contribution is -0.310. The summed E-state index contributed by atoms with van der Waals surface area (Å²) in [6.07, 6.45) is -7.74. The standard InChI is InChI=1S/C32H54O13/c1-16(8-11-42-29-26(40)24(38)22(36)20(13-33)44-29)6-7-18-17(2)12-19(35)28-31(3,9-5-10-32(18,28)4)15-43-30-27(41)25(39)23(37)21(14-34)45-30/h8,18-30,33-41H,2,5-7,9-15H2,1,3-4H3/b16-8+/t18-,19-,20+,21+,22+,23+,24-,25-,26+,27+,28-,29+,30+,31+,32+/m0/s1. The van der Waals surface area contributed by atoms with Crippen LogP contribution in [-0.2, 0) is 18.9 Å². The molecule has 13 nitrogen and oxygen atoms in total. The van der Waals surface area contributed by atoms with E-state index in [1.165, 1.54) is 0 Å². The van der Waals surface area contributed by atoms with Gasteiger partial charge in [0.2, 0.25) is 0 Å². The Morgan fingerprint density at radius 1 is 0.844 bits per heavy atom. The van der Waals surface area contributed by atoms with Crippen molar-refractivity contribution in [1.29, 1.82) is 0 Å². The van der Waals surface area contributed by atoms with Gasteiger partial charge >= 0.3 is 0 Å². The fourth-order valence-electron chi connectivity index (χ4n) is 8.41. The summed E-state index contributed by atoms with van der Waals surface area (Å²) in [7, 11) is 0. The average Bonchev–Trinajstić information content (AvgIpc) is 2.99. The zero-order chi connectivity index (χ0) is 33.3. The third-order valence-electron chi connectivity index (χ3n) is 10.9. The van der Waals surface area contributed by atoms with Crippen LogP contribution in [0.3, 0.4) is 0 Å². The van der Waals surface area contributed by atoms with Gasteiger partial charge in [-0.15, -0.1) is 0 Å². The lowest BCUT2D eigenvalue weighted by Crippen LogP contribution is -2.61. The number of aliphatic hydroxyl groups excluding tert-OH is 9. The second-order valence-corrected chi connectivity index (χ2v) is 14.1. The molecule has 2 aliphatic carbocycles. The minimum atomic E-state index is -1.53. The van der Waals surface area contributed by atoms with Crippen molar-refractivity contribution in [2.24, 2.45) is 22.7 Å². The first-order chi connectivity index (χ1) is 21.2. The molecule has 4 aliphatic rings. The van der Waals surface area contributed by atoms with E-state index in [2.05, 4.69) is 20.4 Å². The highest BCUT2D eigenvalue weighted by Crippen LogP contribution is 2.62. The van der Waals surface area contributed by atoms with Crippen molar-refractivity contribution in [3.63, 3.8) is 0 Å². The number of hydrogen-bond acceptors (Lipinski definition) is 13. The number of hydrogen-bond donors (Lipinski definition) is 9. The zero-order valence-corrected chi connectivity index (χ0v) is 26.5. The van der Waals surface area contributed by atoms with E-state index in [9.17, 15) is 46.0 Å². The average molecular weight is 647 g/mol. The predicted molar refractivity (Wildman–Crippen MR) is 159 cm³/mol. The summed E-state index contributed by atoms with van der Waals surface area (Å²) >= 11 is 0. The largest absolute Gasteiger partial charge is 0.394 e. The van der Waals surface area contributed by atoms with E-state index in [1.807, 2.05) is 13.0 Å². The molecule has 0 amide bonds. The lowest BCUT2D eigenvalue weighted by atomic mass is 9.46. The molecule has 2 saturated carbocycles. The SMILES string of the molecule is C=C1C[C@H](O)[C@H]2[C@@](C)(CO[C@@H]3O[C@H](CO)[C@@H](O)[C@H](O)[C@H]3O)CCC[C@]2(C)[C@H]1CC/C(C)=C/CO[C@@H]1O[C@H](CO)[C@@H](O)[C@H](O)[C@H]1O. The molecule has 0 unspecified atom stereocenters. The van der Waals surface area contributed by atoms with Gasteiger partial charge in [0.25, 0.3) is 0 Å². The second-order valence-electron chi connectivity index (χ2n) is 14.1. The van der Waals surface area contributed by atoms with Crippen LogP contribution in [0.5, 0.6) is 0 Å². The lowest BCUT2D eigenvalue weighted by Gasteiger charge is -2.60. The van der Waals surface area contributed by atoms with Gasteiger partial charge in [-0.1, -0.05) is 44.1 Å². The summed E-state index contributed by atoms with van der Waals surface area (Å²) < 4.78 is 22.6. The van der Waals surface area contributed by atoms with Crippen molar-refractivity contribution in [1.82, 2.24) is 0 Å². The number of allylic oxidation sites excluding steroid dienone is 1. The van der Waals surface area contributed by atoms with Gasteiger partial charge < -0.3 is 64.9 Å². The van der Waals surface area contributed by atoms with Crippen molar-refractivity contribution in [3.05, 3.63) is 23.8 Å². The van der Waals surface area contributed by atoms with Crippen molar-refractivity contribution in [2.75, 3.05) is 26.4 Å². The zero-order valence-electron chi connectivity index (χ0n) is 26.5. The van der Waals surface area contributed by atoms with Crippen molar-refractivity contribution in [2.45, 2.75) is 127 Å². The molecule has 4 fully saturated rings. The molecule has 2 saturated heterocycles. The molecule has 4 rings (SSSR count). The molecular weight excluding hydrogens is 592 g/mol. The highest BCUT2D eigenvalue weighted by atomic mass is 16.7. The van der Waals surface area contributed by atoms with E-state index in [4.69, 9.17) is 18.9 Å². The maximum atomic E-state index is 11.4. The molecule has 0 bridgehead atoms. The fourth-order valence-corrected chi connectivity index (χ4v) is 8.41. The van der Waals surface area contributed by atoms with Gasteiger partial charge in [0.15, 0.2) is 12.6 Å². The Bertz CT molecular complexity index is 1020. The van der Waals surface area contributed by atoms with Gasteiger partial charge in [-0.3, -0.25) is 0 Å². The van der Waals surface area contributed by atoms with Gasteiger partial charge in [0.1, 0.15) is 48.8 Å². The quantitative estimate of drug-likeness (QED) is 0.124. The molecule has 45 heavy (non-hydrogen) atoms. The van der Waals surface area contributed by atoms with Gasteiger partial charge in [-0.05, 0) is 61.7 Å². The third kappa shape index (κ3) is 7.51. The van der Waals surface area contributed by atoms with E-state index < -0.39 is 86.1 Å². The molecular formula is C32H54O13. The molecule has 15 atom stereocenters. The topological polar surface area (TPSA) is 219 Å². The van der Waals surface area contributed by atoms with Crippen molar-refractivity contribution >= 4 is 0 Å². The van der Waals surface area contributed by atoms with E-state index in [-0.39, 0.29) is 30.5 Å². The van der Waals surface area contributed by atoms with Crippen LogP contribution in [0.15, 0.2) is 23.8 Å². The van der Waals surface area contributed by atoms with Crippen LogP contribution < -0.4 is 0 Å². The minimum absolute atomic E-state index is 0.0894. The number of fused-ring (bicyclic) bond motifs is 1. The Kier molecular flexibility index (Phi) is 12.3. The van der Waals surface area contributed by atoms with Crippen LogP contribution in [0.25, 0.3) is 0 Å². The highest BCUT2D eigenvalue weighted by Gasteiger charge is 2.58. The summed E-state index contributed by atoms with van der Waals surface area (Å²) in [6, 6.07) is 0. The molecule has 2 heterocycles. The van der Waals surface area contributed by atoms with Gasteiger partial charge in [0, 0.05) is 0 Å². The van der Waals surface area contributed by atoms with Crippen molar-refractivity contribution < 1.29 is 64.9 Å². The van der Waals surface area contributed by atoms with E-state index in [1.54, 1.807) is 0 Å². The first kappa shape index (κ1) is 36.8. The monoisotopic (exact) mass is 646 g/mol. The van der Waals surface area contributed by atoms with E-state index in [0.717, 1.165) is 43.3 Å². The summed E-state index contributed by atoms with van der Waals surface area (Å²) in [6.45, 7) is 9.74. The molecule has 0 aromatic heterocycles. The highest BCUT2D eigenvalue weighted by molar-refractivity contribution is 5.19. The molecule has 0 radical (unpaired) electrons. The first-order valence-corrected chi connectivity index (χ1v) is 16.0. The Morgan fingerprint density at radius 2 is 1.40 bits per heavy atom. The van der Waals surface area contributed by atoms with Crippen LogP contribution in [0, 0.1) is 22.7 Å². The summed E-state index contributed by atoms with van der Waals surface area (Å²) in [5.41, 5.74) is 1.23. The smallest absolute Gasteiger partial charge is 0.187 e. The molecule has 9 N–H and O–H groups in total. The predicted octanol–water partition coefficient (Wildman–Crippen LogP) is -0.904. The number of aliphatic hydroxyl groups is 9. The van der Waals surface area contributed by atoms with Crippen LogP contribution in [-0.4, -0.2) is 140 Å². The normalized spacial score (nSPS) is 47.9. The molecule has 0 spiro atoms. The Morgan fingerprint density at radius 3 is 1.96 bits per heavy atom. The Labute approximate surface area is 264 Å². The first-order valence-electron chi connectivity index (χ1n) is 16.0. The van der Waals surface area contributed by atoms with Gasteiger partial charge in [0.05, 0.1) is 32.5 Å². The molecule has 0 aromatic rings. The minimum Gasteiger partial charge on any atom is -0.394 e. The molecule has 0 aromatic carbocycles. The Balaban J connectivity index is 1.39. The van der Waals surface area contributed by atoms with E-state index in [0.29, 0.717) is 6.42 Å². The van der Waals surface area contributed by atoms with Crippen LogP contribution in [0.1, 0.15) is 59.3 Å². The second kappa shape index (κ2) is 15.0. The molecule has 13 heteroatoms. The number of ether oxygens (including phenoxy) is 4. The summed E-state index contributed by atoms with van der Waals surface area (Å²) in [4.78, 5) is 0. The van der Waals surface area contributed by atoms with Crippen molar-refractivity contribution in [3.8, 4) is 0 Å². The molecule has 2 aliphatic heterocycles. The van der Waals surface area contributed by atoms with E-state index >= 15 is 0 Å². The summed E-state index contributed by atoms with van der Waals surface area (Å²) in [5.74, 6) is -0.0505. The van der Waals surface area contributed by atoms with Gasteiger partial charge in [-0.25, -0.2) is 0 Å². The maximum Gasteiger partial charge on any atom is 0.187 e. The molecule has 260 valence electrons. The third-order valence-corrected chi connectivity index (χ3v) is 10.9. The van der Waals surface area contributed by atoms with Crippen LogP contribution in [0.2, 0.25) is 0 Å². The van der Waals surface area contributed by atoms with Gasteiger partial charge in [-0.2, -0.15) is 0 Å². The van der Waals surface area contributed by atoms with Crippen LogP contribution >= 0.6 is 0 Å². The maximum absolute atomic E-state index is 11.4. The summed E-state index contributed by atoms with van der Waals surface area (Å²) in [5, 5.41) is 91.3.